The van der Waals surface area contributed by atoms with Crippen LogP contribution in [-0.2, 0) is 0 Å². The fourth-order valence-corrected chi connectivity index (χ4v) is 3.35. The summed E-state index contributed by atoms with van der Waals surface area (Å²) in [6.07, 6.45) is 1.83. The molecule has 0 radical (unpaired) electrons. The summed E-state index contributed by atoms with van der Waals surface area (Å²) < 4.78 is 14.5. The van der Waals surface area contributed by atoms with Crippen molar-refractivity contribution in [1.29, 1.82) is 0 Å². The van der Waals surface area contributed by atoms with Crippen molar-refractivity contribution in [3.8, 4) is 0 Å². The van der Waals surface area contributed by atoms with Crippen molar-refractivity contribution in [2.45, 2.75) is 13.0 Å². The molecule has 0 aliphatic heterocycles. The number of anilines is 1. The Morgan fingerprint density at radius 1 is 1.24 bits per heavy atom. The van der Waals surface area contributed by atoms with E-state index in [4.69, 9.17) is 23.2 Å². The molecule has 0 spiro atoms. The Hall–Kier alpha value is -1.36. The first-order chi connectivity index (χ1) is 10.0. The smallest absolute Gasteiger partial charge is 0.160 e. The first kappa shape index (κ1) is 14.6. The fraction of sp³-hybridized carbons (Fsp3) is 0.133. The van der Waals surface area contributed by atoms with Crippen LogP contribution in [0, 0.1) is 5.82 Å². The minimum atomic E-state index is -0.599. The van der Waals surface area contributed by atoms with Crippen molar-refractivity contribution < 1.29 is 4.39 Å². The molecule has 0 fully saturated rings. The zero-order chi connectivity index (χ0) is 15.0. The molecule has 1 N–H and O–H groups in total. The van der Waals surface area contributed by atoms with E-state index in [1.54, 1.807) is 11.3 Å². The summed E-state index contributed by atoms with van der Waals surface area (Å²) in [4.78, 5) is 4.41. The third-order valence-electron chi connectivity index (χ3n) is 3.19. The summed E-state index contributed by atoms with van der Waals surface area (Å²) in [5.74, 6) is -0.599. The van der Waals surface area contributed by atoms with Gasteiger partial charge in [-0.2, -0.15) is 0 Å². The van der Waals surface area contributed by atoms with Gasteiger partial charge in [0.05, 0.1) is 26.3 Å². The number of benzene rings is 1. The van der Waals surface area contributed by atoms with E-state index in [0.717, 1.165) is 15.8 Å². The number of fused-ring (bicyclic) bond motifs is 1. The van der Waals surface area contributed by atoms with Crippen LogP contribution in [0.25, 0.3) is 10.2 Å². The maximum atomic E-state index is 13.4. The minimum Gasteiger partial charge on any atom is -0.378 e. The lowest BCUT2D eigenvalue weighted by molar-refractivity contribution is 0.628. The van der Waals surface area contributed by atoms with E-state index in [2.05, 4.69) is 16.4 Å². The summed E-state index contributed by atoms with van der Waals surface area (Å²) in [6.45, 7) is 2.00. The summed E-state index contributed by atoms with van der Waals surface area (Å²) in [7, 11) is 0. The Balaban J connectivity index is 1.86. The van der Waals surface area contributed by atoms with Crippen LogP contribution in [0.1, 0.15) is 18.5 Å². The van der Waals surface area contributed by atoms with Gasteiger partial charge in [-0.15, -0.1) is 11.3 Å². The molecular formula is C15H11Cl2FN2S. The molecule has 0 bridgehead atoms. The van der Waals surface area contributed by atoms with Gasteiger partial charge < -0.3 is 5.32 Å². The average Bonchev–Trinajstić information content (AvgIpc) is 2.91. The Bertz CT molecular complexity index is 780. The van der Waals surface area contributed by atoms with Crippen LogP contribution >= 0.6 is 34.5 Å². The van der Waals surface area contributed by atoms with Crippen molar-refractivity contribution in [2.24, 2.45) is 0 Å². The highest BCUT2D eigenvalue weighted by Gasteiger charge is 2.11. The van der Waals surface area contributed by atoms with Gasteiger partial charge in [0.15, 0.2) is 5.82 Å². The molecule has 1 aromatic carbocycles. The number of hydrogen-bond acceptors (Lipinski definition) is 3. The zero-order valence-electron chi connectivity index (χ0n) is 11.0. The predicted octanol–water partition coefficient (Wildman–Crippen LogP) is 5.92. The lowest BCUT2D eigenvalue weighted by Gasteiger charge is -2.16. The number of hydrogen-bond donors (Lipinski definition) is 1. The monoisotopic (exact) mass is 340 g/mol. The van der Waals surface area contributed by atoms with Gasteiger partial charge in [-0.1, -0.05) is 23.2 Å². The SMILES string of the molecule is CC(Nc1cc(Cl)c(F)c(Cl)c1)c1cnc2ccsc2c1. The second-order valence-electron chi connectivity index (χ2n) is 4.69. The summed E-state index contributed by atoms with van der Waals surface area (Å²) in [6, 6.07) is 7.13. The molecule has 0 saturated carbocycles. The van der Waals surface area contributed by atoms with E-state index in [0.29, 0.717) is 5.69 Å². The second-order valence-corrected chi connectivity index (χ2v) is 6.45. The molecule has 1 unspecified atom stereocenters. The van der Waals surface area contributed by atoms with Crippen LogP contribution in [0.2, 0.25) is 10.0 Å². The van der Waals surface area contributed by atoms with Crippen LogP contribution in [-0.4, -0.2) is 4.98 Å². The first-order valence-corrected chi connectivity index (χ1v) is 7.92. The molecule has 2 nitrogen and oxygen atoms in total. The first-order valence-electron chi connectivity index (χ1n) is 6.29. The van der Waals surface area contributed by atoms with Crippen LogP contribution in [0.15, 0.2) is 35.8 Å². The van der Waals surface area contributed by atoms with Crippen LogP contribution < -0.4 is 5.32 Å². The van der Waals surface area contributed by atoms with Gasteiger partial charge >= 0.3 is 0 Å². The number of thiophene rings is 1. The number of halogens is 3. The van der Waals surface area contributed by atoms with Gasteiger partial charge in [-0.3, -0.25) is 4.98 Å². The lowest BCUT2D eigenvalue weighted by Crippen LogP contribution is -2.07. The van der Waals surface area contributed by atoms with Gasteiger partial charge in [0.25, 0.3) is 0 Å². The van der Waals surface area contributed by atoms with Gasteiger partial charge in [-0.05, 0) is 42.1 Å². The van der Waals surface area contributed by atoms with E-state index < -0.39 is 5.82 Å². The van der Waals surface area contributed by atoms with Crippen LogP contribution in [0.4, 0.5) is 10.1 Å². The molecule has 21 heavy (non-hydrogen) atoms. The molecular weight excluding hydrogens is 330 g/mol. The maximum Gasteiger partial charge on any atom is 0.160 e. The molecule has 108 valence electrons. The topological polar surface area (TPSA) is 24.9 Å². The van der Waals surface area contributed by atoms with E-state index >= 15 is 0 Å². The number of nitrogens with zero attached hydrogens (tertiary/aromatic N) is 1. The van der Waals surface area contributed by atoms with E-state index in [-0.39, 0.29) is 16.1 Å². The van der Waals surface area contributed by atoms with Gasteiger partial charge in [0.1, 0.15) is 0 Å². The zero-order valence-corrected chi connectivity index (χ0v) is 13.4. The Labute approximate surface area is 135 Å². The van der Waals surface area contributed by atoms with E-state index in [1.807, 2.05) is 24.6 Å². The van der Waals surface area contributed by atoms with Crippen molar-refractivity contribution in [3.05, 3.63) is 57.3 Å². The molecule has 6 heteroatoms. The number of aromatic nitrogens is 1. The number of rotatable bonds is 3. The Kier molecular flexibility index (Phi) is 4.02. The largest absolute Gasteiger partial charge is 0.378 e. The molecule has 0 amide bonds. The molecule has 1 atom stereocenters. The molecule has 0 saturated heterocycles. The van der Waals surface area contributed by atoms with Gasteiger partial charge in [0, 0.05) is 11.9 Å². The van der Waals surface area contributed by atoms with Gasteiger partial charge in [0.2, 0.25) is 0 Å². The summed E-state index contributed by atoms with van der Waals surface area (Å²) in [5, 5.41) is 5.27. The van der Waals surface area contributed by atoms with E-state index in [1.165, 1.54) is 12.1 Å². The minimum absolute atomic E-state index is 0.00148. The van der Waals surface area contributed by atoms with Crippen LogP contribution in [0.5, 0.6) is 0 Å². The van der Waals surface area contributed by atoms with E-state index in [9.17, 15) is 4.39 Å². The Morgan fingerprint density at radius 3 is 2.67 bits per heavy atom. The predicted molar refractivity (Wildman–Crippen MR) is 88.1 cm³/mol. The highest BCUT2D eigenvalue weighted by molar-refractivity contribution is 7.17. The lowest BCUT2D eigenvalue weighted by atomic mass is 10.1. The van der Waals surface area contributed by atoms with Crippen molar-refractivity contribution >= 4 is 50.4 Å². The quantitative estimate of drug-likeness (QED) is 0.599. The highest BCUT2D eigenvalue weighted by Crippen LogP contribution is 2.30. The summed E-state index contributed by atoms with van der Waals surface area (Å²) in [5.41, 5.74) is 2.70. The maximum absolute atomic E-state index is 13.4. The fourth-order valence-electron chi connectivity index (χ4n) is 2.07. The van der Waals surface area contributed by atoms with Crippen molar-refractivity contribution in [3.63, 3.8) is 0 Å². The molecule has 0 aliphatic carbocycles. The van der Waals surface area contributed by atoms with Crippen LogP contribution in [0.3, 0.4) is 0 Å². The molecule has 3 aromatic rings. The van der Waals surface area contributed by atoms with Crippen molar-refractivity contribution in [2.75, 3.05) is 5.32 Å². The summed E-state index contributed by atoms with van der Waals surface area (Å²) >= 11 is 13.3. The number of nitrogens with one attached hydrogen (secondary N) is 1. The average molecular weight is 341 g/mol. The number of pyridine rings is 1. The third kappa shape index (κ3) is 2.98. The molecule has 2 aromatic heterocycles. The standard InChI is InChI=1S/C15H11Cl2FN2S/c1-8(9-4-14-13(19-7-9)2-3-21-14)20-10-5-11(16)15(18)12(17)6-10/h2-8,20H,1H3. The highest BCUT2D eigenvalue weighted by atomic mass is 35.5. The molecule has 0 aliphatic rings. The van der Waals surface area contributed by atoms with Gasteiger partial charge in [-0.25, -0.2) is 4.39 Å². The Morgan fingerprint density at radius 2 is 1.95 bits per heavy atom. The second kappa shape index (κ2) is 5.79. The molecule has 2 heterocycles. The normalized spacial score (nSPS) is 12.6. The molecule has 3 rings (SSSR count). The third-order valence-corrected chi connectivity index (χ3v) is 4.59. The van der Waals surface area contributed by atoms with Crippen molar-refractivity contribution in [1.82, 2.24) is 4.98 Å².